The van der Waals surface area contributed by atoms with Crippen LogP contribution in [0.2, 0.25) is 0 Å². The fourth-order valence-electron chi connectivity index (χ4n) is 4.30. The third-order valence-electron chi connectivity index (χ3n) is 6.13. The quantitative estimate of drug-likeness (QED) is 0.371. The summed E-state index contributed by atoms with van der Waals surface area (Å²) in [5, 5.41) is 10.6. The van der Waals surface area contributed by atoms with E-state index in [2.05, 4.69) is 4.74 Å². The largest absolute Gasteiger partial charge is 0.468 e. The van der Waals surface area contributed by atoms with Crippen LogP contribution < -0.4 is 0 Å². The molecule has 3 rings (SSSR count). The van der Waals surface area contributed by atoms with Crippen molar-refractivity contribution in [3.05, 3.63) is 71.8 Å². The highest BCUT2D eigenvalue weighted by atomic mass is 32.1. The van der Waals surface area contributed by atoms with Crippen LogP contribution in [-0.2, 0) is 31.9 Å². The highest BCUT2D eigenvalue weighted by molar-refractivity contribution is 7.80. The maximum atomic E-state index is 14.3. The Morgan fingerprint density at radius 1 is 1.11 bits per heavy atom. The summed E-state index contributed by atoms with van der Waals surface area (Å²) in [4.78, 5) is 27.2. The van der Waals surface area contributed by atoms with Crippen LogP contribution in [0.4, 0.5) is 13.2 Å². The Hall–Kier alpha value is -2.98. The molecule has 0 bridgehead atoms. The number of carbonyl (C=O) groups excluding carboxylic acids is 2. The van der Waals surface area contributed by atoms with E-state index in [1.54, 1.807) is 42.5 Å². The number of esters is 1. The number of carbonyl (C=O) groups is 2. The summed E-state index contributed by atoms with van der Waals surface area (Å²) in [6.45, 7) is 0.907. The number of hydrogen-bond donors (Lipinski definition) is 1. The molecule has 1 saturated heterocycles. The zero-order valence-electron chi connectivity index (χ0n) is 19.7. The highest BCUT2D eigenvalue weighted by Crippen LogP contribution is 2.41. The maximum absolute atomic E-state index is 14.3. The number of halogens is 3. The molecule has 0 radical (unpaired) electrons. The predicted octanol–water partition coefficient (Wildman–Crippen LogP) is 4.24. The van der Waals surface area contributed by atoms with E-state index >= 15 is 0 Å². The topological polar surface area (TPSA) is 76.1 Å². The standard InChI is InChI=1S/C26H28F3NO5S/c1-2-34-23(32)25(33,26(27,28)29)21(15-9-14-18-10-5-3-6-11-18)22(31)30-20(17-35-24(30)36)16-19-12-7-4-8-13-19/h3-8,10-13,20-21,33H,2,9,14-17H2,1H3/t20-,21-,25+/m0/s1. The van der Waals surface area contributed by atoms with Crippen LogP contribution in [0.1, 0.15) is 30.9 Å². The molecule has 0 spiro atoms. The van der Waals surface area contributed by atoms with Gasteiger partial charge in [-0.3, -0.25) is 9.69 Å². The molecule has 0 unspecified atom stereocenters. The van der Waals surface area contributed by atoms with Crippen LogP contribution in [0.3, 0.4) is 0 Å². The Bertz CT molecular complexity index is 1050. The molecule has 194 valence electrons. The average Bonchev–Trinajstić information content (AvgIpc) is 3.21. The molecule has 3 atom stereocenters. The SMILES string of the molecule is CCOC(=O)[C@](O)([C@@H](CCCc1ccccc1)C(=O)N1C(=S)OC[C@@H]1Cc1ccccc1)C(F)(F)F. The lowest BCUT2D eigenvalue weighted by Crippen LogP contribution is -2.63. The molecule has 0 aliphatic carbocycles. The average molecular weight is 524 g/mol. The van der Waals surface area contributed by atoms with Gasteiger partial charge in [-0.2, -0.15) is 13.2 Å². The molecule has 10 heteroatoms. The predicted molar refractivity (Wildman–Crippen MR) is 130 cm³/mol. The Labute approximate surface area is 213 Å². The van der Waals surface area contributed by atoms with Crippen LogP contribution in [0.5, 0.6) is 0 Å². The fourth-order valence-corrected chi connectivity index (χ4v) is 4.60. The summed E-state index contributed by atoms with van der Waals surface area (Å²) in [5.41, 5.74) is -2.38. The van der Waals surface area contributed by atoms with Crippen LogP contribution in [-0.4, -0.2) is 58.1 Å². The maximum Gasteiger partial charge on any atom is 0.429 e. The molecular weight excluding hydrogens is 495 g/mol. The minimum absolute atomic E-state index is 0.0138. The number of rotatable bonds is 10. The van der Waals surface area contributed by atoms with Crippen molar-refractivity contribution in [2.24, 2.45) is 5.92 Å². The van der Waals surface area contributed by atoms with Gasteiger partial charge in [0.1, 0.15) is 6.61 Å². The van der Waals surface area contributed by atoms with E-state index in [0.29, 0.717) is 6.42 Å². The molecule has 0 saturated carbocycles. The number of alkyl halides is 3. The molecule has 1 N–H and O–H groups in total. The first kappa shape index (κ1) is 27.6. The van der Waals surface area contributed by atoms with Crippen molar-refractivity contribution in [1.82, 2.24) is 4.90 Å². The Balaban J connectivity index is 1.94. The molecule has 6 nitrogen and oxygen atoms in total. The Kier molecular flexibility index (Phi) is 9.08. The van der Waals surface area contributed by atoms with E-state index < -0.39 is 48.6 Å². The van der Waals surface area contributed by atoms with Gasteiger partial charge in [-0.1, -0.05) is 60.7 Å². The van der Waals surface area contributed by atoms with E-state index in [-0.39, 0.29) is 24.6 Å². The van der Waals surface area contributed by atoms with Crippen LogP contribution in [0, 0.1) is 5.92 Å². The first-order valence-electron chi connectivity index (χ1n) is 11.6. The van der Waals surface area contributed by atoms with Gasteiger partial charge in [-0.15, -0.1) is 0 Å². The molecule has 1 aliphatic heterocycles. The number of nitrogens with zero attached hydrogens (tertiary/aromatic N) is 1. The normalized spacial score (nSPS) is 18.3. The van der Waals surface area contributed by atoms with Crippen molar-refractivity contribution in [2.75, 3.05) is 13.2 Å². The van der Waals surface area contributed by atoms with Crippen molar-refractivity contribution in [2.45, 2.75) is 50.4 Å². The van der Waals surface area contributed by atoms with E-state index in [9.17, 15) is 27.9 Å². The number of benzene rings is 2. The van der Waals surface area contributed by atoms with Crippen LogP contribution in [0.25, 0.3) is 0 Å². The monoisotopic (exact) mass is 523 g/mol. The molecule has 1 fully saturated rings. The minimum atomic E-state index is -5.47. The van der Waals surface area contributed by atoms with Gasteiger partial charge in [0.15, 0.2) is 0 Å². The van der Waals surface area contributed by atoms with E-state index in [1.807, 2.05) is 18.2 Å². The second kappa shape index (κ2) is 11.8. The lowest BCUT2D eigenvalue weighted by Gasteiger charge is -2.37. The lowest BCUT2D eigenvalue weighted by molar-refractivity contribution is -0.277. The zero-order chi connectivity index (χ0) is 26.3. The number of aryl methyl sites for hydroxylation is 1. The van der Waals surface area contributed by atoms with Gasteiger partial charge >= 0.3 is 12.1 Å². The number of aliphatic hydroxyl groups is 1. The third kappa shape index (κ3) is 6.04. The van der Waals surface area contributed by atoms with Gasteiger partial charge in [0.2, 0.25) is 5.91 Å². The summed E-state index contributed by atoms with van der Waals surface area (Å²) in [5.74, 6) is -5.22. The molecule has 1 amide bonds. The molecule has 2 aromatic rings. The number of amides is 1. The number of ether oxygens (including phenoxy) is 2. The van der Waals surface area contributed by atoms with Crippen LogP contribution in [0.15, 0.2) is 60.7 Å². The fraction of sp³-hybridized carbons (Fsp3) is 0.423. The minimum Gasteiger partial charge on any atom is -0.468 e. The third-order valence-corrected chi connectivity index (χ3v) is 6.45. The van der Waals surface area contributed by atoms with E-state index in [0.717, 1.165) is 16.0 Å². The molecule has 2 aromatic carbocycles. The van der Waals surface area contributed by atoms with Gasteiger partial charge in [-0.05, 0) is 56.0 Å². The van der Waals surface area contributed by atoms with Crippen molar-refractivity contribution < 1.29 is 37.3 Å². The molecule has 36 heavy (non-hydrogen) atoms. The van der Waals surface area contributed by atoms with Crippen molar-refractivity contribution >= 4 is 29.3 Å². The second-order valence-electron chi connectivity index (χ2n) is 8.54. The van der Waals surface area contributed by atoms with Gasteiger partial charge in [0.25, 0.3) is 10.8 Å². The van der Waals surface area contributed by atoms with Crippen molar-refractivity contribution in [3.8, 4) is 0 Å². The molecular formula is C26H28F3NO5S. The molecule has 1 aliphatic rings. The summed E-state index contributed by atoms with van der Waals surface area (Å²) < 4.78 is 52.8. The second-order valence-corrected chi connectivity index (χ2v) is 8.89. The van der Waals surface area contributed by atoms with Crippen molar-refractivity contribution in [1.29, 1.82) is 0 Å². The van der Waals surface area contributed by atoms with Gasteiger partial charge in [-0.25, -0.2) is 4.79 Å². The zero-order valence-corrected chi connectivity index (χ0v) is 20.6. The Morgan fingerprint density at radius 3 is 2.25 bits per heavy atom. The first-order chi connectivity index (χ1) is 17.1. The summed E-state index contributed by atoms with van der Waals surface area (Å²) in [6, 6.07) is 17.3. The summed E-state index contributed by atoms with van der Waals surface area (Å²) >= 11 is 5.16. The lowest BCUT2D eigenvalue weighted by atomic mass is 9.81. The van der Waals surface area contributed by atoms with E-state index in [4.69, 9.17) is 17.0 Å². The van der Waals surface area contributed by atoms with Crippen LogP contribution >= 0.6 is 12.2 Å². The van der Waals surface area contributed by atoms with Gasteiger partial charge in [0, 0.05) is 0 Å². The highest BCUT2D eigenvalue weighted by Gasteiger charge is 2.67. The summed E-state index contributed by atoms with van der Waals surface area (Å²) in [7, 11) is 0. The Morgan fingerprint density at radius 2 is 1.69 bits per heavy atom. The van der Waals surface area contributed by atoms with E-state index in [1.165, 1.54) is 6.92 Å². The van der Waals surface area contributed by atoms with Gasteiger partial charge in [0.05, 0.1) is 18.6 Å². The smallest absolute Gasteiger partial charge is 0.429 e. The number of hydrogen-bond acceptors (Lipinski definition) is 6. The first-order valence-corrected chi connectivity index (χ1v) is 12.0. The molecule has 0 aromatic heterocycles. The molecule has 1 heterocycles. The van der Waals surface area contributed by atoms with Gasteiger partial charge < -0.3 is 14.6 Å². The summed E-state index contributed by atoms with van der Waals surface area (Å²) in [6.07, 6.45) is -5.19. The number of thiocarbonyl (C=S) groups is 1. The van der Waals surface area contributed by atoms with Crippen molar-refractivity contribution in [3.63, 3.8) is 0 Å².